The normalized spacial score (nSPS) is 12.4. The van der Waals surface area contributed by atoms with Gasteiger partial charge in [0, 0.05) is 11.8 Å². The number of fused-ring (bicyclic) bond motifs is 1. The third-order valence-electron chi connectivity index (χ3n) is 6.76. The standard InChI is InChI=1S/C29H37N5O5Si/c1-28(2,3)38-27(36)31-20-10-9-11-21(17-20)34-23-13-12-19(18-37-40(7,8)29(4,5)6)16-22(23)32-26(34)33-25(35)24-14-15-30-39-24/h9-17H,18H2,1-8H3,(H,31,36)(H,32,33,35). The van der Waals surface area contributed by atoms with E-state index >= 15 is 0 Å². The Labute approximate surface area is 235 Å². The van der Waals surface area contributed by atoms with Crippen LogP contribution in [0.15, 0.2) is 59.3 Å². The number of nitrogens with zero attached hydrogens (tertiary/aromatic N) is 3. The number of benzene rings is 2. The molecule has 2 heterocycles. The summed E-state index contributed by atoms with van der Waals surface area (Å²) in [5.74, 6) is -0.144. The zero-order valence-electron chi connectivity index (χ0n) is 24.3. The van der Waals surface area contributed by atoms with Gasteiger partial charge in [0.25, 0.3) is 5.91 Å². The molecule has 11 heteroatoms. The van der Waals surface area contributed by atoms with Gasteiger partial charge in [-0.15, -0.1) is 0 Å². The van der Waals surface area contributed by atoms with E-state index in [-0.39, 0.29) is 16.7 Å². The highest BCUT2D eigenvalue weighted by Gasteiger charge is 2.37. The second kappa shape index (κ2) is 10.9. The average molecular weight is 564 g/mol. The molecule has 10 nitrogen and oxygen atoms in total. The summed E-state index contributed by atoms with van der Waals surface area (Å²) in [6.45, 7) is 16.9. The van der Waals surface area contributed by atoms with Gasteiger partial charge in [-0.3, -0.25) is 20.0 Å². The van der Waals surface area contributed by atoms with Crippen molar-refractivity contribution in [3.63, 3.8) is 0 Å². The lowest BCUT2D eigenvalue weighted by Gasteiger charge is -2.36. The smallest absolute Gasteiger partial charge is 0.412 e. The van der Waals surface area contributed by atoms with E-state index in [1.165, 1.54) is 12.3 Å². The molecular formula is C29H37N5O5Si. The first kappa shape index (κ1) is 29.0. The van der Waals surface area contributed by atoms with Gasteiger partial charge in [-0.05, 0) is 74.8 Å². The molecule has 4 rings (SSSR count). The third kappa shape index (κ3) is 6.78. The minimum absolute atomic E-state index is 0.0578. The van der Waals surface area contributed by atoms with Gasteiger partial charge in [0.05, 0.1) is 29.5 Å². The van der Waals surface area contributed by atoms with E-state index in [0.717, 1.165) is 11.1 Å². The number of carbonyl (C=O) groups is 2. The predicted molar refractivity (Wildman–Crippen MR) is 157 cm³/mol. The quantitative estimate of drug-likeness (QED) is 0.229. The maximum Gasteiger partial charge on any atom is 0.412 e. The average Bonchev–Trinajstić information content (AvgIpc) is 3.49. The molecule has 40 heavy (non-hydrogen) atoms. The van der Waals surface area contributed by atoms with Crippen molar-refractivity contribution in [2.45, 2.75) is 71.9 Å². The molecule has 0 atom stereocenters. The van der Waals surface area contributed by atoms with Crippen LogP contribution >= 0.6 is 0 Å². The number of aromatic nitrogens is 3. The molecule has 2 N–H and O–H groups in total. The Morgan fingerprint density at radius 1 is 1.00 bits per heavy atom. The molecule has 0 aliphatic heterocycles. The maximum absolute atomic E-state index is 12.9. The Bertz CT molecular complexity index is 1510. The van der Waals surface area contributed by atoms with Crippen LogP contribution in [0.4, 0.5) is 16.4 Å². The van der Waals surface area contributed by atoms with Crippen molar-refractivity contribution >= 4 is 43.0 Å². The van der Waals surface area contributed by atoms with E-state index in [9.17, 15) is 9.59 Å². The summed E-state index contributed by atoms with van der Waals surface area (Å²) in [6.07, 6.45) is 0.837. The van der Waals surface area contributed by atoms with E-state index in [1.807, 2.05) is 28.8 Å². The van der Waals surface area contributed by atoms with Crippen LogP contribution in [0.2, 0.25) is 18.1 Å². The van der Waals surface area contributed by atoms with Crippen molar-refractivity contribution in [2.24, 2.45) is 0 Å². The highest BCUT2D eigenvalue weighted by molar-refractivity contribution is 6.74. The van der Waals surface area contributed by atoms with Gasteiger partial charge in [-0.1, -0.05) is 38.1 Å². The monoisotopic (exact) mass is 563 g/mol. The molecule has 0 aliphatic rings. The molecule has 0 saturated heterocycles. The Kier molecular flexibility index (Phi) is 7.91. The molecule has 2 aromatic heterocycles. The molecule has 2 amide bonds. The number of imidazole rings is 1. The van der Waals surface area contributed by atoms with Gasteiger partial charge in [-0.2, -0.15) is 0 Å². The summed E-state index contributed by atoms with van der Waals surface area (Å²) in [6, 6.07) is 14.6. The molecular weight excluding hydrogens is 526 g/mol. The Balaban J connectivity index is 1.71. The molecule has 0 aliphatic carbocycles. The molecule has 4 aromatic rings. The Hall–Kier alpha value is -3.96. The molecule has 0 unspecified atom stereocenters. The number of nitrogens with one attached hydrogen (secondary N) is 2. The van der Waals surface area contributed by atoms with E-state index < -0.39 is 25.9 Å². The van der Waals surface area contributed by atoms with E-state index in [0.29, 0.717) is 23.5 Å². The Morgan fingerprint density at radius 2 is 1.75 bits per heavy atom. The summed E-state index contributed by atoms with van der Waals surface area (Å²) in [5.41, 5.74) is 2.99. The maximum atomic E-state index is 12.9. The Morgan fingerprint density at radius 3 is 2.40 bits per heavy atom. The first-order valence-electron chi connectivity index (χ1n) is 13.1. The molecule has 0 bridgehead atoms. The first-order valence-corrected chi connectivity index (χ1v) is 16.0. The molecule has 0 fully saturated rings. The lowest BCUT2D eigenvalue weighted by atomic mass is 10.2. The van der Waals surface area contributed by atoms with Crippen molar-refractivity contribution in [2.75, 3.05) is 10.6 Å². The summed E-state index contributed by atoms with van der Waals surface area (Å²) in [7, 11) is -1.94. The van der Waals surface area contributed by atoms with Crippen LogP contribution in [-0.2, 0) is 15.8 Å². The highest BCUT2D eigenvalue weighted by atomic mass is 28.4. The number of anilines is 2. The second-order valence-electron chi connectivity index (χ2n) is 12.2. The van der Waals surface area contributed by atoms with Crippen molar-refractivity contribution in [1.82, 2.24) is 14.7 Å². The second-order valence-corrected chi connectivity index (χ2v) is 17.0. The van der Waals surface area contributed by atoms with Crippen molar-refractivity contribution < 1.29 is 23.3 Å². The van der Waals surface area contributed by atoms with Crippen LogP contribution in [0.3, 0.4) is 0 Å². The van der Waals surface area contributed by atoms with Crippen LogP contribution < -0.4 is 10.6 Å². The van der Waals surface area contributed by atoms with Gasteiger partial charge < -0.3 is 13.7 Å². The fourth-order valence-corrected chi connectivity index (χ4v) is 4.64. The van der Waals surface area contributed by atoms with E-state index in [1.54, 1.807) is 39.0 Å². The van der Waals surface area contributed by atoms with Gasteiger partial charge in [0.1, 0.15) is 5.60 Å². The number of ether oxygens (including phenoxy) is 1. The first-order chi connectivity index (χ1) is 18.6. The summed E-state index contributed by atoms with van der Waals surface area (Å²) < 4.78 is 18.6. The van der Waals surface area contributed by atoms with Crippen LogP contribution in [0, 0.1) is 0 Å². The number of hydrogen-bond acceptors (Lipinski definition) is 7. The van der Waals surface area contributed by atoms with Crippen LogP contribution in [0.25, 0.3) is 16.7 Å². The lowest BCUT2D eigenvalue weighted by molar-refractivity contribution is 0.0635. The third-order valence-corrected chi connectivity index (χ3v) is 11.2. The largest absolute Gasteiger partial charge is 0.444 e. The fraction of sp³-hybridized carbons (Fsp3) is 0.379. The fourth-order valence-electron chi connectivity index (χ4n) is 3.68. The minimum Gasteiger partial charge on any atom is -0.444 e. The number of rotatable bonds is 7. The van der Waals surface area contributed by atoms with Gasteiger partial charge in [0.15, 0.2) is 8.32 Å². The summed E-state index contributed by atoms with van der Waals surface area (Å²) in [4.78, 5) is 30.0. The van der Waals surface area contributed by atoms with Crippen LogP contribution in [0.5, 0.6) is 0 Å². The topological polar surface area (TPSA) is 121 Å². The molecule has 212 valence electrons. The molecule has 2 aromatic carbocycles. The van der Waals surface area contributed by atoms with Gasteiger partial charge >= 0.3 is 6.09 Å². The highest BCUT2D eigenvalue weighted by Crippen LogP contribution is 2.37. The number of hydrogen-bond donors (Lipinski definition) is 2. The molecule has 0 saturated carbocycles. The van der Waals surface area contributed by atoms with Crippen LogP contribution in [-0.4, -0.2) is 40.6 Å². The lowest BCUT2D eigenvalue weighted by Crippen LogP contribution is -2.40. The van der Waals surface area contributed by atoms with Crippen molar-refractivity contribution in [1.29, 1.82) is 0 Å². The summed E-state index contributed by atoms with van der Waals surface area (Å²) >= 11 is 0. The van der Waals surface area contributed by atoms with Gasteiger partial charge in [0.2, 0.25) is 11.7 Å². The van der Waals surface area contributed by atoms with Crippen LogP contribution in [0.1, 0.15) is 57.7 Å². The number of carbonyl (C=O) groups excluding carboxylic acids is 2. The zero-order chi connectivity index (χ0) is 29.3. The summed E-state index contributed by atoms with van der Waals surface area (Å²) in [5, 5.41) is 9.30. The van der Waals surface area contributed by atoms with Gasteiger partial charge in [-0.25, -0.2) is 9.78 Å². The predicted octanol–water partition coefficient (Wildman–Crippen LogP) is 7.13. The zero-order valence-corrected chi connectivity index (χ0v) is 25.3. The van der Waals surface area contributed by atoms with Crippen molar-refractivity contribution in [3.8, 4) is 5.69 Å². The SMILES string of the molecule is CC(C)(C)OC(=O)Nc1cccc(-n2c(NC(=O)c3ccno3)nc3cc(CO[Si](C)(C)C(C)(C)C)ccc32)c1. The van der Waals surface area contributed by atoms with E-state index in [2.05, 4.69) is 49.7 Å². The molecule has 0 spiro atoms. The molecule has 0 radical (unpaired) electrons. The van der Waals surface area contributed by atoms with Crippen molar-refractivity contribution in [3.05, 3.63) is 66.1 Å². The minimum atomic E-state index is -1.94. The van der Waals surface area contributed by atoms with E-state index in [4.69, 9.17) is 18.7 Å². The number of amides is 2.